The van der Waals surface area contributed by atoms with Crippen molar-refractivity contribution in [2.75, 3.05) is 11.4 Å². The summed E-state index contributed by atoms with van der Waals surface area (Å²) in [6.07, 6.45) is -2.09. The molecule has 1 aromatic carbocycles. The maximum atomic E-state index is 12.4. The van der Waals surface area contributed by atoms with E-state index in [0.29, 0.717) is 24.9 Å². The Hall–Kier alpha value is -1.63. The zero-order chi connectivity index (χ0) is 18.6. The van der Waals surface area contributed by atoms with E-state index in [9.17, 15) is 18.0 Å². The quantitative estimate of drug-likeness (QED) is 0.722. The molecule has 0 aromatic heterocycles. The lowest BCUT2D eigenvalue weighted by Crippen LogP contribution is -2.39. The van der Waals surface area contributed by atoms with Crippen LogP contribution in [0.25, 0.3) is 0 Å². The third-order valence-electron chi connectivity index (χ3n) is 4.57. The number of hydrogen-bond donors (Lipinski definition) is 1. The van der Waals surface area contributed by atoms with E-state index in [4.69, 9.17) is 16.7 Å². The second kappa shape index (κ2) is 8.17. The van der Waals surface area contributed by atoms with E-state index in [0.717, 1.165) is 18.5 Å². The summed E-state index contributed by atoms with van der Waals surface area (Å²) in [5, 5.41) is 9.11. The average Bonchev–Trinajstić information content (AvgIpc) is 2.55. The van der Waals surface area contributed by atoms with E-state index in [2.05, 4.69) is 9.64 Å². The first-order valence-corrected chi connectivity index (χ1v) is 8.72. The Morgan fingerprint density at radius 1 is 1.32 bits per heavy atom. The zero-order valence-corrected chi connectivity index (χ0v) is 14.6. The molecule has 0 radical (unpaired) electrons. The summed E-state index contributed by atoms with van der Waals surface area (Å²) < 4.78 is 41.1. The van der Waals surface area contributed by atoms with E-state index in [-0.39, 0.29) is 23.6 Å². The molecular weight excluding hydrogens is 359 g/mol. The molecule has 1 saturated carbocycles. The van der Waals surface area contributed by atoms with Crippen LogP contribution in [0.2, 0.25) is 0 Å². The Balaban J connectivity index is 2.18. The molecular formula is C17H21ClF3NO3. The van der Waals surface area contributed by atoms with Crippen molar-refractivity contribution < 1.29 is 27.8 Å². The molecule has 4 nitrogen and oxygen atoms in total. The first-order valence-electron chi connectivity index (χ1n) is 8.19. The van der Waals surface area contributed by atoms with Gasteiger partial charge < -0.3 is 14.7 Å². The fourth-order valence-corrected chi connectivity index (χ4v) is 3.62. The molecule has 8 heteroatoms. The van der Waals surface area contributed by atoms with E-state index >= 15 is 0 Å². The van der Waals surface area contributed by atoms with Crippen LogP contribution in [0.1, 0.15) is 38.2 Å². The van der Waals surface area contributed by atoms with Gasteiger partial charge in [0.2, 0.25) is 0 Å². The lowest BCUT2D eigenvalue weighted by atomic mass is 9.85. The van der Waals surface area contributed by atoms with Crippen molar-refractivity contribution in [1.29, 1.82) is 0 Å². The number of rotatable bonds is 6. The molecule has 140 valence electrons. The fraction of sp³-hybridized carbons (Fsp3) is 0.588. The molecule has 0 heterocycles. The summed E-state index contributed by atoms with van der Waals surface area (Å²) in [4.78, 5) is 13.2. The third kappa shape index (κ3) is 5.17. The third-order valence-corrected chi connectivity index (χ3v) is 4.85. The number of carboxylic acids is 1. The van der Waals surface area contributed by atoms with Crippen LogP contribution >= 0.6 is 11.6 Å². The second-order valence-electron chi connectivity index (χ2n) is 6.10. The van der Waals surface area contributed by atoms with Gasteiger partial charge in [0.1, 0.15) is 5.75 Å². The van der Waals surface area contributed by atoms with Crippen molar-refractivity contribution in [3.63, 3.8) is 0 Å². The molecule has 2 rings (SSSR count). The summed E-state index contributed by atoms with van der Waals surface area (Å²) in [5.41, 5.74) is 1.33. The number of carboxylic acid groups (broad SMARTS) is 1. The van der Waals surface area contributed by atoms with Gasteiger partial charge >= 0.3 is 12.3 Å². The maximum absolute atomic E-state index is 12.4. The Labute approximate surface area is 149 Å². The summed E-state index contributed by atoms with van der Waals surface area (Å²) in [5.74, 6) is -1.31. The van der Waals surface area contributed by atoms with Gasteiger partial charge in [0, 0.05) is 24.2 Å². The lowest BCUT2D eigenvalue weighted by Gasteiger charge is -2.38. The van der Waals surface area contributed by atoms with Crippen LogP contribution in [-0.2, 0) is 10.7 Å². The SMILES string of the molecule is CCN(c1ccc(OC(F)(F)F)cc1CCl)C1CCC(C(=O)O)CC1. The lowest BCUT2D eigenvalue weighted by molar-refractivity contribution is -0.274. The number of aliphatic carboxylic acids is 1. The molecule has 0 amide bonds. The molecule has 25 heavy (non-hydrogen) atoms. The van der Waals surface area contributed by atoms with E-state index in [1.54, 1.807) is 6.07 Å². The van der Waals surface area contributed by atoms with Crippen molar-refractivity contribution in [1.82, 2.24) is 0 Å². The molecule has 0 unspecified atom stereocenters. The van der Waals surface area contributed by atoms with Crippen molar-refractivity contribution in [2.45, 2.75) is 50.9 Å². The van der Waals surface area contributed by atoms with Gasteiger partial charge in [-0.15, -0.1) is 24.8 Å². The van der Waals surface area contributed by atoms with Crippen molar-refractivity contribution >= 4 is 23.3 Å². The highest BCUT2D eigenvalue weighted by atomic mass is 35.5. The highest BCUT2D eigenvalue weighted by Crippen LogP contribution is 2.35. The molecule has 0 saturated heterocycles. The monoisotopic (exact) mass is 379 g/mol. The minimum atomic E-state index is -4.75. The number of halogens is 4. The van der Waals surface area contributed by atoms with Gasteiger partial charge in [-0.1, -0.05) is 0 Å². The summed E-state index contributed by atoms with van der Waals surface area (Å²) in [6.45, 7) is 2.62. The Bertz CT molecular complexity index is 601. The zero-order valence-electron chi connectivity index (χ0n) is 13.9. The Kier molecular flexibility index (Phi) is 6.43. The van der Waals surface area contributed by atoms with Crippen LogP contribution < -0.4 is 9.64 Å². The van der Waals surface area contributed by atoms with Gasteiger partial charge in [-0.2, -0.15) is 0 Å². The van der Waals surface area contributed by atoms with Gasteiger partial charge in [0.05, 0.1) is 5.92 Å². The first kappa shape index (κ1) is 19.7. The largest absolute Gasteiger partial charge is 0.573 e. The van der Waals surface area contributed by atoms with Crippen molar-refractivity contribution in [3.05, 3.63) is 23.8 Å². The van der Waals surface area contributed by atoms with Crippen molar-refractivity contribution in [3.8, 4) is 5.75 Å². The molecule has 0 atom stereocenters. The molecule has 0 spiro atoms. The minimum absolute atomic E-state index is 0.0609. The van der Waals surface area contributed by atoms with E-state index in [1.165, 1.54) is 12.1 Å². The molecule has 1 aliphatic rings. The number of alkyl halides is 4. The van der Waals surface area contributed by atoms with Crippen LogP contribution in [0.5, 0.6) is 5.75 Å². The molecule has 0 bridgehead atoms. The van der Waals surface area contributed by atoms with Crippen LogP contribution in [0.4, 0.5) is 18.9 Å². The second-order valence-corrected chi connectivity index (χ2v) is 6.37. The molecule has 1 fully saturated rings. The van der Waals surface area contributed by atoms with Gasteiger partial charge in [0.25, 0.3) is 0 Å². The normalized spacial score (nSPS) is 21.0. The van der Waals surface area contributed by atoms with Gasteiger partial charge in [-0.3, -0.25) is 4.79 Å². The average molecular weight is 380 g/mol. The number of benzene rings is 1. The van der Waals surface area contributed by atoms with Gasteiger partial charge in [0.15, 0.2) is 0 Å². The molecule has 1 N–H and O–H groups in total. The number of ether oxygens (including phenoxy) is 1. The molecule has 1 aromatic rings. The van der Waals surface area contributed by atoms with E-state index < -0.39 is 12.3 Å². The van der Waals surface area contributed by atoms with Gasteiger partial charge in [-0.25, -0.2) is 0 Å². The standard InChI is InChI=1S/C17H21ClF3NO3/c1-2-22(13-5-3-11(4-6-13)16(23)24)15-8-7-14(9-12(15)10-18)25-17(19,20)21/h7-9,11,13H,2-6,10H2,1H3,(H,23,24). The highest BCUT2D eigenvalue weighted by molar-refractivity contribution is 6.17. The van der Waals surface area contributed by atoms with Gasteiger partial charge in [-0.05, 0) is 56.4 Å². The van der Waals surface area contributed by atoms with Crippen LogP contribution in [0.15, 0.2) is 18.2 Å². The summed E-state index contributed by atoms with van der Waals surface area (Å²) in [7, 11) is 0. The van der Waals surface area contributed by atoms with Crippen molar-refractivity contribution in [2.24, 2.45) is 5.92 Å². The summed E-state index contributed by atoms with van der Waals surface area (Å²) in [6, 6.07) is 4.33. The number of nitrogens with zero attached hydrogens (tertiary/aromatic N) is 1. The summed E-state index contributed by atoms with van der Waals surface area (Å²) >= 11 is 5.94. The number of anilines is 1. The van der Waals surface area contributed by atoms with Crippen LogP contribution in [0.3, 0.4) is 0 Å². The predicted molar refractivity (Wildman–Crippen MR) is 89.1 cm³/mol. The van der Waals surface area contributed by atoms with Crippen LogP contribution in [-0.4, -0.2) is 30.0 Å². The predicted octanol–water partition coefficient (Wildman–Crippen LogP) is 4.79. The molecule has 0 aliphatic heterocycles. The van der Waals surface area contributed by atoms with Crippen LogP contribution in [0, 0.1) is 5.92 Å². The Morgan fingerprint density at radius 2 is 1.96 bits per heavy atom. The Morgan fingerprint density at radius 3 is 2.44 bits per heavy atom. The highest BCUT2D eigenvalue weighted by Gasteiger charge is 2.32. The molecule has 1 aliphatic carbocycles. The van der Waals surface area contributed by atoms with E-state index in [1.807, 2.05) is 6.92 Å². The maximum Gasteiger partial charge on any atom is 0.573 e. The smallest absolute Gasteiger partial charge is 0.481 e. The first-order chi connectivity index (χ1) is 11.7. The fourth-order valence-electron chi connectivity index (χ4n) is 3.41. The topological polar surface area (TPSA) is 49.8 Å². The number of carbonyl (C=O) groups is 1. The number of hydrogen-bond acceptors (Lipinski definition) is 3. The minimum Gasteiger partial charge on any atom is -0.481 e.